The molecule has 0 saturated carbocycles. The molecule has 0 rings (SSSR count). The minimum Gasteiger partial charge on any atom is -0.462 e. The van der Waals surface area contributed by atoms with Gasteiger partial charge in [0.15, 0.2) is 6.10 Å². The third-order valence-electron chi connectivity index (χ3n) is 11.3. The molecule has 0 amide bonds. The second kappa shape index (κ2) is 53.9. The Kier molecular flexibility index (Phi) is 50.9. The van der Waals surface area contributed by atoms with E-state index in [4.69, 9.17) is 14.2 Å². The van der Waals surface area contributed by atoms with Crippen molar-refractivity contribution in [2.75, 3.05) is 13.2 Å². The van der Waals surface area contributed by atoms with Crippen molar-refractivity contribution in [2.45, 2.75) is 252 Å². The molecule has 0 heterocycles. The summed E-state index contributed by atoms with van der Waals surface area (Å²) in [4.78, 5) is 37.9. The van der Waals surface area contributed by atoms with E-state index in [0.717, 1.165) is 122 Å². The monoisotopic (exact) mass is 917 g/mol. The Hall–Kier alpha value is -3.67. The van der Waals surface area contributed by atoms with Gasteiger partial charge in [0.1, 0.15) is 13.2 Å². The summed E-state index contributed by atoms with van der Waals surface area (Å²) in [5, 5.41) is 0. The lowest BCUT2D eigenvalue weighted by atomic mass is 10.1. The Labute approximate surface area is 407 Å². The Bertz CT molecular complexity index is 1330. The molecule has 0 fully saturated rings. The summed E-state index contributed by atoms with van der Waals surface area (Å²) in [7, 11) is 0. The quantitative estimate of drug-likeness (QED) is 0.0262. The zero-order chi connectivity index (χ0) is 47.9. The summed E-state index contributed by atoms with van der Waals surface area (Å²) < 4.78 is 16.8. The third kappa shape index (κ3) is 51.3. The minimum absolute atomic E-state index is 0.0889. The zero-order valence-corrected chi connectivity index (χ0v) is 42.9. The topological polar surface area (TPSA) is 78.9 Å². The molecule has 376 valence electrons. The first-order valence-corrected chi connectivity index (χ1v) is 27.2. The van der Waals surface area contributed by atoms with Crippen LogP contribution in [0, 0.1) is 0 Å². The summed E-state index contributed by atoms with van der Waals surface area (Å²) in [5.74, 6) is -0.928. The van der Waals surface area contributed by atoms with Crippen molar-refractivity contribution in [3.63, 3.8) is 0 Å². The molecule has 0 N–H and O–H groups in total. The van der Waals surface area contributed by atoms with E-state index in [0.29, 0.717) is 19.3 Å². The van der Waals surface area contributed by atoms with Crippen molar-refractivity contribution >= 4 is 17.9 Å². The van der Waals surface area contributed by atoms with Crippen LogP contribution in [-0.4, -0.2) is 37.2 Å². The number of hydrogen-bond acceptors (Lipinski definition) is 6. The van der Waals surface area contributed by atoms with Gasteiger partial charge >= 0.3 is 17.9 Å². The highest BCUT2D eigenvalue weighted by Gasteiger charge is 2.19. The van der Waals surface area contributed by atoms with Gasteiger partial charge in [-0.3, -0.25) is 14.4 Å². The van der Waals surface area contributed by atoms with Crippen molar-refractivity contribution in [1.82, 2.24) is 0 Å². The smallest absolute Gasteiger partial charge is 0.306 e. The van der Waals surface area contributed by atoms with Gasteiger partial charge in [-0.15, -0.1) is 0 Å². The van der Waals surface area contributed by atoms with Crippen LogP contribution in [0.15, 0.2) is 97.2 Å². The number of ether oxygens (including phenoxy) is 3. The number of rotatable bonds is 48. The maximum absolute atomic E-state index is 12.8. The molecular weight excluding hydrogens is 817 g/mol. The highest BCUT2D eigenvalue weighted by Crippen LogP contribution is 2.14. The molecule has 66 heavy (non-hydrogen) atoms. The standard InChI is InChI=1S/C60H100O6/c1-4-7-10-13-16-19-21-23-25-27-28-29-30-31-32-34-35-37-39-41-44-47-50-53-59(62)65-56-57(55-64-58(61)52-49-46-43-18-15-12-9-6-3)66-60(63)54-51-48-45-42-40-38-36-33-26-24-22-20-17-14-11-8-5-2/h7,10,16-17,19-20,23-26,28-29,31-32,35,37,57H,4-6,8-9,11-15,18,21-22,27,30,33-34,36,38-56H2,1-3H3/b10-7-,19-16-,20-17-,25-23-,26-24-,29-28-,32-31-,37-35-. The molecule has 6 nitrogen and oxygen atoms in total. The van der Waals surface area contributed by atoms with Crippen LogP contribution in [0.4, 0.5) is 0 Å². The predicted octanol–water partition coefficient (Wildman–Crippen LogP) is 18.1. The number of unbranched alkanes of at least 4 members (excludes halogenated alkanes) is 21. The van der Waals surface area contributed by atoms with Crippen LogP contribution in [0.1, 0.15) is 245 Å². The SMILES string of the molecule is CC/C=C\C/C=C\C/C=C\C/C=C\C/C=C\C/C=C\CCCCCCC(=O)OCC(COC(=O)CCCCCCCCCC)OC(=O)CCCCCCCCC/C=C\C/C=C\CCCCC. The molecule has 0 aliphatic carbocycles. The number of carbonyl (C=O) groups is 3. The Morgan fingerprint density at radius 2 is 0.591 bits per heavy atom. The Morgan fingerprint density at radius 3 is 0.955 bits per heavy atom. The molecule has 0 aromatic rings. The molecule has 6 heteroatoms. The zero-order valence-electron chi connectivity index (χ0n) is 42.9. The van der Waals surface area contributed by atoms with E-state index in [-0.39, 0.29) is 31.1 Å². The van der Waals surface area contributed by atoms with Gasteiger partial charge in [-0.05, 0) is 103 Å². The molecule has 0 aromatic heterocycles. The average Bonchev–Trinajstić information content (AvgIpc) is 3.31. The van der Waals surface area contributed by atoms with Crippen molar-refractivity contribution in [2.24, 2.45) is 0 Å². The van der Waals surface area contributed by atoms with Crippen LogP contribution in [-0.2, 0) is 28.6 Å². The van der Waals surface area contributed by atoms with Gasteiger partial charge in [-0.2, -0.15) is 0 Å². The number of carbonyl (C=O) groups excluding carboxylic acids is 3. The molecule has 0 aliphatic rings. The van der Waals surface area contributed by atoms with E-state index in [1.54, 1.807) is 0 Å². The molecule has 1 atom stereocenters. The number of hydrogen-bond donors (Lipinski definition) is 0. The summed E-state index contributed by atoms with van der Waals surface area (Å²) in [5.41, 5.74) is 0. The highest BCUT2D eigenvalue weighted by molar-refractivity contribution is 5.71. The van der Waals surface area contributed by atoms with Gasteiger partial charge in [-0.1, -0.05) is 221 Å². The van der Waals surface area contributed by atoms with Crippen LogP contribution in [0.3, 0.4) is 0 Å². The lowest BCUT2D eigenvalue weighted by Gasteiger charge is -2.18. The first-order valence-electron chi connectivity index (χ1n) is 27.2. The van der Waals surface area contributed by atoms with Crippen LogP contribution in [0.25, 0.3) is 0 Å². The van der Waals surface area contributed by atoms with Gasteiger partial charge in [0.05, 0.1) is 0 Å². The summed E-state index contributed by atoms with van der Waals surface area (Å²) >= 11 is 0. The number of esters is 3. The normalized spacial score (nSPS) is 12.8. The lowest BCUT2D eigenvalue weighted by molar-refractivity contribution is -0.167. The van der Waals surface area contributed by atoms with E-state index in [1.807, 2.05) is 0 Å². The first kappa shape index (κ1) is 62.3. The molecule has 0 bridgehead atoms. The van der Waals surface area contributed by atoms with E-state index in [1.165, 1.54) is 83.5 Å². The van der Waals surface area contributed by atoms with Crippen LogP contribution in [0.2, 0.25) is 0 Å². The average molecular weight is 917 g/mol. The maximum Gasteiger partial charge on any atom is 0.306 e. The van der Waals surface area contributed by atoms with E-state index in [2.05, 4.69) is 118 Å². The fourth-order valence-electron chi connectivity index (χ4n) is 7.24. The van der Waals surface area contributed by atoms with Gasteiger partial charge < -0.3 is 14.2 Å². The van der Waals surface area contributed by atoms with Crippen molar-refractivity contribution < 1.29 is 28.6 Å². The Balaban J connectivity index is 4.34. The molecule has 0 aliphatic heterocycles. The molecule has 0 spiro atoms. The summed E-state index contributed by atoms with van der Waals surface area (Å²) in [6, 6.07) is 0. The fraction of sp³-hybridized carbons (Fsp3) is 0.683. The van der Waals surface area contributed by atoms with Crippen molar-refractivity contribution in [3.05, 3.63) is 97.2 Å². The minimum atomic E-state index is -0.791. The highest BCUT2D eigenvalue weighted by atomic mass is 16.6. The largest absolute Gasteiger partial charge is 0.462 e. The second-order valence-electron chi connectivity index (χ2n) is 17.8. The Morgan fingerprint density at radius 1 is 0.318 bits per heavy atom. The molecule has 0 aromatic carbocycles. The van der Waals surface area contributed by atoms with Gasteiger partial charge in [0, 0.05) is 19.3 Å². The molecule has 0 radical (unpaired) electrons. The molecule has 0 saturated heterocycles. The van der Waals surface area contributed by atoms with Gasteiger partial charge in [-0.25, -0.2) is 0 Å². The van der Waals surface area contributed by atoms with Crippen molar-refractivity contribution in [1.29, 1.82) is 0 Å². The summed E-state index contributed by atoms with van der Waals surface area (Å²) in [6.07, 6.45) is 71.1. The third-order valence-corrected chi connectivity index (χ3v) is 11.3. The molecular formula is C60H100O6. The lowest BCUT2D eigenvalue weighted by Crippen LogP contribution is -2.30. The van der Waals surface area contributed by atoms with Crippen LogP contribution < -0.4 is 0 Å². The van der Waals surface area contributed by atoms with Gasteiger partial charge in [0.25, 0.3) is 0 Å². The van der Waals surface area contributed by atoms with E-state index >= 15 is 0 Å². The fourth-order valence-corrected chi connectivity index (χ4v) is 7.24. The first-order chi connectivity index (χ1) is 32.5. The predicted molar refractivity (Wildman–Crippen MR) is 284 cm³/mol. The van der Waals surface area contributed by atoms with Crippen LogP contribution >= 0.6 is 0 Å². The number of allylic oxidation sites excluding steroid dienone is 16. The molecule has 1 unspecified atom stereocenters. The van der Waals surface area contributed by atoms with E-state index in [9.17, 15) is 14.4 Å². The van der Waals surface area contributed by atoms with Crippen LogP contribution in [0.5, 0.6) is 0 Å². The van der Waals surface area contributed by atoms with Crippen molar-refractivity contribution in [3.8, 4) is 0 Å². The maximum atomic E-state index is 12.8. The van der Waals surface area contributed by atoms with E-state index < -0.39 is 6.10 Å². The summed E-state index contributed by atoms with van der Waals surface area (Å²) in [6.45, 7) is 6.44. The second-order valence-corrected chi connectivity index (χ2v) is 17.8. The van der Waals surface area contributed by atoms with Gasteiger partial charge in [0.2, 0.25) is 0 Å².